The minimum atomic E-state index is -0.493. The van der Waals surface area contributed by atoms with Gasteiger partial charge in [0.25, 0.3) is 5.91 Å². The normalized spacial score (nSPS) is 12.0. The van der Waals surface area contributed by atoms with Gasteiger partial charge in [-0.25, -0.2) is 0 Å². The lowest BCUT2D eigenvalue weighted by molar-refractivity contribution is -0.127. The number of nitrogens with one attached hydrogen (secondary N) is 2. The molecular weight excluding hydrogens is 320 g/mol. The molecule has 0 aromatic heterocycles. The first-order chi connectivity index (χ1) is 9.58. The monoisotopic (exact) mass is 342 g/mol. The van der Waals surface area contributed by atoms with Crippen LogP contribution in [0.3, 0.4) is 0 Å². The summed E-state index contributed by atoms with van der Waals surface area (Å²) in [5.41, 5.74) is 1.12. The first-order valence-corrected chi connectivity index (χ1v) is 7.81. The van der Waals surface area contributed by atoms with Crippen LogP contribution in [0.15, 0.2) is 22.7 Å². The van der Waals surface area contributed by atoms with Crippen molar-refractivity contribution in [2.24, 2.45) is 0 Å². The number of amides is 1. The van der Waals surface area contributed by atoms with Crippen molar-refractivity contribution in [3.63, 3.8) is 0 Å². The zero-order chi connectivity index (χ0) is 15.0. The molecule has 0 heterocycles. The van der Waals surface area contributed by atoms with Crippen LogP contribution in [0, 0.1) is 0 Å². The van der Waals surface area contributed by atoms with Crippen molar-refractivity contribution in [2.75, 3.05) is 13.1 Å². The van der Waals surface area contributed by atoms with Crippen LogP contribution < -0.4 is 15.4 Å². The summed E-state index contributed by atoms with van der Waals surface area (Å²) in [4.78, 5) is 11.7. The van der Waals surface area contributed by atoms with E-state index >= 15 is 0 Å². The molecule has 0 spiro atoms. The maximum Gasteiger partial charge on any atom is 0.260 e. The molecular formula is C15H23BrN2O2. The highest BCUT2D eigenvalue weighted by molar-refractivity contribution is 9.10. The Hall–Kier alpha value is -1.07. The van der Waals surface area contributed by atoms with Crippen molar-refractivity contribution in [3.8, 4) is 5.75 Å². The third-order valence-electron chi connectivity index (χ3n) is 2.79. The first-order valence-electron chi connectivity index (χ1n) is 7.02. The van der Waals surface area contributed by atoms with Gasteiger partial charge in [0.05, 0.1) is 0 Å². The Labute approximate surface area is 129 Å². The zero-order valence-corrected chi connectivity index (χ0v) is 13.9. The van der Waals surface area contributed by atoms with E-state index < -0.39 is 6.10 Å². The lowest BCUT2D eigenvalue weighted by Crippen LogP contribution is -2.36. The molecule has 1 unspecified atom stereocenters. The smallest absolute Gasteiger partial charge is 0.260 e. The Kier molecular flexibility index (Phi) is 7.62. The van der Waals surface area contributed by atoms with Gasteiger partial charge in [-0.05, 0) is 50.6 Å². The third-order valence-corrected chi connectivity index (χ3v) is 3.57. The van der Waals surface area contributed by atoms with Crippen LogP contribution in [-0.2, 0) is 11.3 Å². The molecule has 1 atom stereocenters. The van der Waals surface area contributed by atoms with Crippen LogP contribution >= 0.6 is 15.9 Å². The van der Waals surface area contributed by atoms with Crippen molar-refractivity contribution in [1.82, 2.24) is 10.6 Å². The Morgan fingerprint density at radius 2 is 2.15 bits per heavy atom. The molecule has 0 saturated carbocycles. The number of hydrogen-bond acceptors (Lipinski definition) is 3. The molecule has 5 heteroatoms. The summed E-state index contributed by atoms with van der Waals surface area (Å²) in [6.07, 6.45) is 0.606. The standard InChI is InChI=1S/C15H23BrN2O2/c1-4-8-17-10-12-9-13(6-7-14(12)16)20-11(3)15(19)18-5-2/h6-7,9,11,17H,4-5,8,10H2,1-3H3,(H,18,19). The van der Waals surface area contributed by atoms with Gasteiger partial charge in [-0.15, -0.1) is 0 Å². The number of benzene rings is 1. The second kappa shape index (κ2) is 8.97. The van der Waals surface area contributed by atoms with E-state index in [1.54, 1.807) is 6.92 Å². The van der Waals surface area contributed by atoms with E-state index in [1.165, 1.54) is 0 Å². The number of halogens is 1. The fraction of sp³-hybridized carbons (Fsp3) is 0.533. The fourth-order valence-electron chi connectivity index (χ4n) is 1.74. The summed E-state index contributed by atoms with van der Waals surface area (Å²) in [6, 6.07) is 5.77. The predicted octanol–water partition coefficient (Wildman–Crippen LogP) is 2.85. The summed E-state index contributed by atoms with van der Waals surface area (Å²) in [5, 5.41) is 6.10. The number of rotatable bonds is 8. The molecule has 1 amide bonds. The molecule has 0 aliphatic rings. The molecule has 112 valence electrons. The Morgan fingerprint density at radius 3 is 2.80 bits per heavy atom. The van der Waals surface area contributed by atoms with Gasteiger partial charge < -0.3 is 15.4 Å². The number of carbonyl (C=O) groups is 1. The molecule has 2 N–H and O–H groups in total. The maximum absolute atomic E-state index is 11.7. The van der Waals surface area contributed by atoms with Crippen LogP contribution in [0.4, 0.5) is 0 Å². The second-order valence-electron chi connectivity index (χ2n) is 4.58. The fourth-order valence-corrected chi connectivity index (χ4v) is 2.12. The molecule has 20 heavy (non-hydrogen) atoms. The van der Waals surface area contributed by atoms with Gasteiger partial charge in [0.1, 0.15) is 5.75 Å². The van der Waals surface area contributed by atoms with Gasteiger partial charge in [-0.2, -0.15) is 0 Å². The van der Waals surface area contributed by atoms with E-state index in [1.807, 2.05) is 25.1 Å². The van der Waals surface area contributed by atoms with Crippen LogP contribution in [0.1, 0.15) is 32.8 Å². The lowest BCUT2D eigenvalue weighted by atomic mass is 10.2. The first kappa shape index (κ1) is 17.0. The predicted molar refractivity (Wildman–Crippen MR) is 84.9 cm³/mol. The maximum atomic E-state index is 11.7. The van der Waals surface area contributed by atoms with E-state index in [0.29, 0.717) is 12.3 Å². The molecule has 1 aromatic carbocycles. The van der Waals surface area contributed by atoms with Crippen LogP contribution in [0.5, 0.6) is 5.75 Å². The van der Waals surface area contributed by atoms with Crippen molar-refractivity contribution in [1.29, 1.82) is 0 Å². The average Bonchev–Trinajstić information content (AvgIpc) is 2.42. The number of hydrogen-bond donors (Lipinski definition) is 2. The molecule has 0 fully saturated rings. The summed E-state index contributed by atoms with van der Waals surface area (Å²) < 4.78 is 6.71. The highest BCUT2D eigenvalue weighted by Gasteiger charge is 2.14. The summed E-state index contributed by atoms with van der Waals surface area (Å²) in [7, 11) is 0. The number of likely N-dealkylation sites (N-methyl/N-ethyl adjacent to an activating group) is 1. The Morgan fingerprint density at radius 1 is 1.40 bits per heavy atom. The molecule has 4 nitrogen and oxygen atoms in total. The van der Waals surface area contributed by atoms with Gasteiger partial charge in [-0.3, -0.25) is 4.79 Å². The number of carbonyl (C=O) groups excluding carboxylic acids is 1. The van der Waals surface area contributed by atoms with Gasteiger partial charge in [-0.1, -0.05) is 22.9 Å². The Bertz CT molecular complexity index is 438. The Balaban J connectivity index is 2.66. The van der Waals surface area contributed by atoms with Gasteiger partial charge in [0.15, 0.2) is 6.10 Å². The SMILES string of the molecule is CCCNCc1cc(OC(C)C(=O)NCC)ccc1Br. The molecule has 0 saturated heterocycles. The van der Waals surface area contributed by atoms with Crippen molar-refractivity contribution >= 4 is 21.8 Å². The highest BCUT2D eigenvalue weighted by atomic mass is 79.9. The molecule has 1 aromatic rings. The second-order valence-corrected chi connectivity index (χ2v) is 5.44. The number of ether oxygens (including phenoxy) is 1. The highest BCUT2D eigenvalue weighted by Crippen LogP contribution is 2.23. The molecule has 0 radical (unpaired) electrons. The van der Waals surface area contributed by atoms with Gasteiger partial charge in [0, 0.05) is 17.6 Å². The molecule has 0 bridgehead atoms. The minimum Gasteiger partial charge on any atom is -0.481 e. The van der Waals surface area contributed by atoms with Crippen molar-refractivity contribution in [3.05, 3.63) is 28.2 Å². The summed E-state index contributed by atoms with van der Waals surface area (Å²) >= 11 is 3.53. The van der Waals surface area contributed by atoms with Crippen LogP contribution in [0.25, 0.3) is 0 Å². The van der Waals surface area contributed by atoms with Crippen LogP contribution in [-0.4, -0.2) is 25.1 Å². The van der Waals surface area contributed by atoms with E-state index in [4.69, 9.17) is 4.74 Å². The van der Waals surface area contributed by atoms with E-state index in [-0.39, 0.29) is 5.91 Å². The lowest BCUT2D eigenvalue weighted by Gasteiger charge is -2.15. The molecule has 1 rings (SSSR count). The van der Waals surface area contributed by atoms with Crippen LogP contribution in [0.2, 0.25) is 0 Å². The quantitative estimate of drug-likeness (QED) is 0.714. The van der Waals surface area contributed by atoms with E-state index in [0.717, 1.165) is 29.5 Å². The minimum absolute atomic E-state index is 0.0962. The average molecular weight is 343 g/mol. The third kappa shape index (κ3) is 5.51. The van der Waals surface area contributed by atoms with Gasteiger partial charge >= 0.3 is 0 Å². The largest absolute Gasteiger partial charge is 0.481 e. The van der Waals surface area contributed by atoms with E-state index in [9.17, 15) is 4.79 Å². The summed E-state index contributed by atoms with van der Waals surface area (Å²) in [5.74, 6) is 0.612. The van der Waals surface area contributed by atoms with Gasteiger partial charge in [0.2, 0.25) is 0 Å². The van der Waals surface area contributed by atoms with Crippen molar-refractivity contribution < 1.29 is 9.53 Å². The molecule has 0 aliphatic heterocycles. The summed E-state index contributed by atoms with van der Waals surface area (Å²) in [6.45, 7) is 8.15. The van der Waals surface area contributed by atoms with E-state index in [2.05, 4.69) is 33.5 Å². The topological polar surface area (TPSA) is 50.4 Å². The molecule has 0 aliphatic carbocycles. The van der Waals surface area contributed by atoms with Crippen molar-refractivity contribution in [2.45, 2.75) is 39.8 Å². The zero-order valence-electron chi connectivity index (χ0n) is 12.3.